The summed E-state index contributed by atoms with van der Waals surface area (Å²) >= 11 is 0. The fourth-order valence-corrected chi connectivity index (χ4v) is 1.75. The van der Waals surface area contributed by atoms with Crippen molar-refractivity contribution in [1.82, 2.24) is 19.1 Å². The monoisotopic (exact) mass is 264 g/mol. The normalized spacial score (nSPS) is 12.3. The predicted octanol–water partition coefficient (Wildman–Crippen LogP) is -0.308. The molecule has 0 aliphatic carbocycles. The zero-order valence-electron chi connectivity index (χ0n) is 10.1. The highest BCUT2D eigenvalue weighted by Crippen LogP contribution is 2.05. The first-order chi connectivity index (χ1) is 8.99. The summed E-state index contributed by atoms with van der Waals surface area (Å²) < 4.78 is 2.94. The van der Waals surface area contributed by atoms with Gasteiger partial charge in [-0.15, -0.1) is 0 Å². The lowest BCUT2D eigenvalue weighted by Crippen LogP contribution is -2.35. The van der Waals surface area contributed by atoms with Crippen molar-refractivity contribution in [2.75, 3.05) is 0 Å². The van der Waals surface area contributed by atoms with Crippen LogP contribution in [0.25, 0.3) is 0 Å². The third kappa shape index (κ3) is 2.62. The number of carboxylic acid groups (broad SMARTS) is 1. The molecule has 0 saturated heterocycles. The van der Waals surface area contributed by atoms with Crippen molar-refractivity contribution in [3.63, 3.8) is 0 Å². The van der Waals surface area contributed by atoms with Gasteiger partial charge in [0, 0.05) is 25.1 Å². The van der Waals surface area contributed by atoms with Gasteiger partial charge in [0.15, 0.2) is 0 Å². The van der Waals surface area contributed by atoms with Crippen LogP contribution in [0.4, 0.5) is 0 Å². The van der Waals surface area contributed by atoms with E-state index in [0.29, 0.717) is 6.54 Å². The summed E-state index contributed by atoms with van der Waals surface area (Å²) in [5.74, 6) is -1.37. The van der Waals surface area contributed by atoms with Crippen molar-refractivity contribution < 1.29 is 9.90 Å². The Labute approximate surface area is 107 Å². The number of hydrogen-bond acceptors (Lipinski definition) is 4. The topological polar surface area (TPSA) is 110 Å². The molecule has 100 valence electrons. The molecular formula is C11H12N4O4. The maximum Gasteiger partial charge on any atom is 0.342 e. The van der Waals surface area contributed by atoms with Gasteiger partial charge in [-0.25, -0.2) is 14.6 Å². The summed E-state index contributed by atoms with van der Waals surface area (Å²) in [5.41, 5.74) is -2.00. The van der Waals surface area contributed by atoms with E-state index < -0.39 is 22.8 Å². The number of rotatable bonds is 4. The molecule has 0 radical (unpaired) electrons. The number of imidazole rings is 1. The molecule has 0 aliphatic heterocycles. The SMILES string of the molecule is CC(Cn1ccnc1)n1cc(C(=O)O)c(=O)[nH]c1=O. The van der Waals surface area contributed by atoms with E-state index in [2.05, 4.69) is 4.98 Å². The van der Waals surface area contributed by atoms with E-state index in [1.807, 2.05) is 4.98 Å². The van der Waals surface area contributed by atoms with E-state index in [1.165, 1.54) is 4.57 Å². The van der Waals surface area contributed by atoms with Crippen molar-refractivity contribution >= 4 is 5.97 Å². The minimum Gasteiger partial charge on any atom is -0.477 e. The number of H-pyrrole nitrogens is 1. The van der Waals surface area contributed by atoms with Crippen LogP contribution in [0.2, 0.25) is 0 Å². The lowest BCUT2D eigenvalue weighted by Gasteiger charge is -2.15. The highest BCUT2D eigenvalue weighted by Gasteiger charge is 2.14. The third-order valence-corrected chi connectivity index (χ3v) is 2.71. The lowest BCUT2D eigenvalue weighted by atomic mass is 10.3. The molecule has 1 unspecified atom stereocenters. The van der Waals surface area contributed by atoms with E-state index in [0.717, 1.165) is 6.20 Å². The van der Waals surface area contributed by atoms with Gasteiger partial charge in [0.1, 0.15) is 5.56 Å². The minimum atomic E-state index is -1.37. The summed E-state index contributed by atoms with van der Waals surface area (Å²) in [6, 6.07) is -0.323. The minimum absolute atomic E-state index is 0.323. The van der Waals surface area contributed by atoms with E-state index in [9.17, 15) is 14.4 Å². The first kappa shape index (κ1) is 12.8. The summed E-state index contributed by atoms with van der Waals surface area (Å²) in [5, 5.41) is 8.87. The van der Waals surface area contributed by atoms with Gasteiger partial charge in [0.2, 0.25) is 0 Å². The van der Waals surface area contributed by atoms with E-state index in [-0.39, 0.29) is 6.04 Å². The van der Waals surface area contributed by atoms with E-state index >= 15 is 0 Å². The number of carbonyl (C=O) groups is 1. The molecule has 0 fully saturated rings. The van der Waals surface area contributed by atoms with Crippen LogP contribution in [0.3, 0.4) is 0 Å². The molecule has 0 spiro atoms. The Hall–Kier alpha value is -2.64. The summed E-state index contributed by atoms with van der Waals surface area (Å²) in [6.07, 6.45) is 5.98. The molecule has 0 saturated carbocycles. The smallest absolute Gasteiger partial charge is 0.342 e. The zero-order chi connectivity index (χ0) is 14.0. The van der Waals surface area contributed by atoms with Gasteiger partial charge in [-0.2, -0.15) is 0 Å². The van der Waals surface area contributed by atoms with Gasteiger partial charge in [0.05, 0.1) is 12.4 Å². The lowest BCUT2D eigenvalue weighted by molar-refractivity contribution is 0.0693. The van der Waals surface area contributed by atoms with Crippen molar-refractivity contribution in [3.05, 3.63) is 51.3 Å². The Morgan fingerprint density at radius 2 is 2.26 bits per heavy atom. The molecule has 2 heterocycles. The summed E-state index contributed by atoms with van der Waals surface area (Å²) in [6.45, 7) is 2.18. The van der Waals surface area contributed by atoms with E-state index in [4.69, 9.17) is 5.11 Å². The highest BCUT2D eigenvalue weighted by molar-refractivity contribution is 5.86. The molecule has 0 bridgehead atoms. The fourth-order valence-electron chi connectivity index (χ4n) is 1.75. The van der Waals surface area contributed by atoms with E-state index in [1.54, 1.807) is 30.2 Å². The van der Waals surface area contributed by atoms with Gasteiger partial charge >= 0.3 is 11.7 Å². The molecular weight excluding hydrogens is 252 g/mol. The molecule has 2 aromatic heterocycles. The number of nitrogens with one attached hydrogen (secondary N) is 1. The van der Waals surface area contributed by atoms with Crippen LogP contribution in [0, 0.1) is 0 Å². The number of aromatic carboxylic acids is 1. The van der Waals surface area contributed by atoms with Gasteiger partial charge in [-0.05, 0) is 6.92 Å². The number of aromatic amines is 1. The highest BCUT2D eigenvalue weighted by atomic mass is 16.4. The molecule has 2 N–H and O–H groups in total. The molecule has 2 rings (SSSR count). The largest absolute Gasteiger partial charge is 0.477 e. The zero-order valence-corrected chi connectivity index (χ0v) is 10.1. The van der Waals surface area contributed by atoms with Gasteiger partial charge in [-0.3, -0.25) is 14.3 Å². The second-order valence-corrected chi connectivity index (χ2v) is 4.12. The second-order valence-electron chi connectivity index (χ2n) is 4.12. The number of aromatic nitrogens is 4. The number of nitrogens with zero attached hydrogens (tertiary/aromatic N) is 3. The Balaban J connectivity index is 2.39. The average Bonchev–Trinajstić information content (AvgIpc) is 2.81. The molecule has 0 aromatic carbocycles. The molecule has 0 amide bonds. The number of carboxylic acids is 1. The van der Waals surface area contributed by atoms with Crippen LogP contribution in [0.5, 0.6) is 0 Å². The van der Waals surface area contributed by atoms with Crippen LogP contribution < -0.4 is 11.2 Å². The first-order valence-electron chi connectivity index (χ1n) is 5.53. The third-order valence-electron chi connectivity index (χ3n) is 2.71. The maximum atomic E-state index is 11.7. The van der Waals surface area contributed by atoms with Crippen molar-refractivity contribution in [1.29, 1.82) is 0 Å². The molecule has 1 atom stereocenters. The maximum absolute atomic E-state index is 11.7. The van der Waals surface area contributed by atoms with Crippen molar-refractivity contribution in [2.24, 2.45) is 0 Å². The van der Waals surface area contributed by atoms with Crippen LogP contribution in [0.1, 0.15) is 23.3 Å². The summed E-state index contributed by atoms with van der Waals surface area (Å²) in [7, 11) is 0. The van der Waals surface area contributed by atoms with Crippen LogP contribution in [-0.4, -0.2) is 30.2 Å². The summed E-state index contributed by atoms with van der Waals surface area (Å²) in [4.78, 5) is 39.7. The Morgan fingerprint density at radius 1 is 1.53 bits per heavy atom. The van der Waals surface area contributed by atoms with Gasteiger partial charge in [0.25, 0.3) is 5.56 Å². The second kappa shape index (κ2) is 4.92. The molecule has 19 heavy (non-hydrogen) atoms. The molecule has 2 aromatic rings. The molecule has 8 heteroatoms. The van der Waals surface area contributed by atoms with Crippen LogP contribution >= 0.6 is 0 Å². The van der Waals surface area contributed by atoms with Gasteiger partial charge < -0.3 is 9.67 Å². The Kier molecular flexibility index (Phi) is 3.32. The molecule has 8 nitrogen and oxygen atoms in total. The van der Waals surface area contributed by atoms with Crippen LogP contribution in [-0.2, 0) is 6.54 Å². The van der Waals surface area contributed by atoms with Gasteiger partial charge in [-0.1, -0.05) is 0 Å². The first-order valence-corrected chi connectivity index (χ1v) is 5.53. The van der Waals surface area contributed by atoms with Crippen molar-refractivity contribution in [3.8, 4) is 0 Å². The quantitative estimate of drug-likeness (QED) is 0.787. The fraction of sp³-hybridized carbons (Fsp3) is 0.273. The standard InChI is InChI=1S/C11H12N4O4/c1-7(4-14-3-2-12-6-14)15-5-8(10(17)18)9(16)13-11(15)19/h2-3,5-7H,4H2,1H3,(H,17,18)(H,13,16,19). The predicted molar refractivity (Wildman–Crippen MR) is 65.2 cm³/mol. The average molecular weight is 264 g/mol. The Morgan fingerprint density at radius 3 is 2.84 bits per heavy atom. The number of hydrogen-bond donors (Lipinski definition) is 2. The Bertz CT molecular complexity index is 698. The molecule has 0 aliphatic rings. The van der Waals surface area contributed by atoms with Crippen LogP contribution in [0.15, 0.2) is 34.5 Å². The van der Waals surface area contributed by atoms with Crippen molar-refractivity contribution in [2.45, 2.75) is 19.5 Å².